The van der Waals surface area contributed by atoms with E-state index in [0.29, 0.717) is 6.61 Å². The molecule has 2 heterocycles. The molecule has 0 aromatic heterocycles. The Morgan fingerprint density at radius 2 is 1.75 bits per heavy atom. The van der Waals surface area contributed by atoms with Crippen molar-refractivity contribution < 1.29 is 33.2 Å². The van der Waals surface area contributed by atoms with Gasteiger partial charge in [-0.2, -0.15) is 0 Å². The molecule has 4 rings (SSSR count). The molecule has 6 atom stereocenters. The van der Waals surface area contributed by atoms with Crippen LogP contribution in [0.2, 0.25) is 0 Å². The minimum Gasteiger partial charge on any atom is -0.454 e. The predicted molar refractivity (Wildman–Crippen MR) is 114 cm³/mol. The molecule has 0 radical (unpaired) electrons. The highest BCUT2D eigenvalue weighted by molar-refractivity contribution is 5.66. The number of rotatable bonds is 7. The van der Waals surface area contributed by atoms with Crippen molar-refractivity contribution in [3.8, 4) is 12.3 Å². The van der Waals surface area contributed by atoms with Crippen molar-refractivity contribution in [2.45, 2.75) is 50.5 Å². The lowest BCUT2D eigenvalue weighted by Gasteiger charge is -2.48. The van der Waals surface area contributed by atoms with Crippen LogP contribution in [-0.4, -0.2) is 49.9 Å². The van der Waals surface area contributed by atoms with Crippen molar-refractivity contribution in [2.24, 2.45) is 0 Å². The number of fused-ring (bicyclic) bond motifs is 1. The zero-order valence-electron chi connectivity index (χ0n) is 17.8. The number of esters is 1. The van der Waals surface area contributed by atoms with Crippen molar-refractivity contribution in [2.75, 3.05) is 13.2 Å². The molecule has 0 aliphatic carbocycles. The van der Waals surface area contributed by atoms with Gasteiger partial charge < -0.3 is 28.4 Å². The summed E-state index contributed by atoms with van der Waals surface area (Å²) in [5.74, 6) is 1.94. The number of carbonyl (C=O) groups is 1. The molecule has 2 aliphatic heterocycles. The quantitative estimate of drug-likeness (QED) is 0.486. The molecular weight excluding hydrogens is 412 g/mol. The standard InChI is InChI=1S/C25H26O7/c1-3-14-27-25-23(30-17(2)26)22(28-15-18-10-6-4-7-11-18)21-20(31-25)16-29-24(32-21)19-12-8-5-9-13-19/h1,4-13,20-25H,14-16H2,2H3/t20-,21-,22+,23+,24-,25+/m1/s1. The van der Waals surface area contributed by atoms with Crippen LogP contribution in [0.4, 0.5) is 0 Å². The lowest BCUT2D eigenvalue weighted by molar-refractivity contribution is -0.366. The van der Waals surface area contributed by atoms with Gasteiger partial charge in [-0.3, -0.25) is 4.79 Å². The zero-order chi connectivity index (χ0) is 22.3. The van der Waals surface area contributed by atoms with Gasteiger partial charge in [0.2, 0.25) is 0 Å². The lowest BCUT2D eigenvalue weighted by atomic mass is 9.97. The summed E-state index contributed by atoms with van der Waals surface area (Å²) in [5, 5.41) is 0. The molecule has 0 bridgehead atoms. The van der Waals surface area contributed by atoms with E-state index in [0.717, 1.165) is 11.1 Å². The van der Waals surface area contributed by atoms with Gasteiger partial charge in [0.15, 0.2) is 18.7 Å². The van der Waals surface area contributed by atoms with Crippen molar-refractivity contribution in [3.63, 3.8) is 0 Å². The largest absolute Gasteiger partial charge is 0.454 e. The first-order valence-electron chi connectivity index (χ1n) is 10.5. The van der Waals surface area contributed by atoms with Gasteiger partial charge >= 0.3 is 5.97 Å². The van der Waals surface area contributed by atoms with Crippen molar-refractivity contribution in [1.82, 2.24) is 0 Å². The second-order valence-corrected chi connectivity index (χ2v) is 7.57. The average Bonchev–Trinajstić information content (AvgIpc) is 2.82. The Kier molecular flexibility index (Phi) is 7.53. The summed E-state index contributed by atoms with van der Waals surface area (Å²) in [6.07, 6.45) is 1.31. The summed E-state index contributed by atoms with van der Waals surface area (Å²) in [7, 11) is 0. The first-order chi connectivity index (χ1) is 15.7. The van der Waals surface area contributed by atoms with Gasteiger partial charge in [-0.15, -0.1) is 6.42 Å². The number of terminal acetylenes is 1. The second-order valence-electron chi connectivity index (χ2n) is 7.57. The summed E-state index contributed by atoms with van der Waals surface area (Å²) in [4.78, 5) is 11.9. The molecule has 0 unspecified atom stereocenters. The van der Waals surface area contributed by atoms with Crippen LogP contribution in [0.3, 0.4) is 0 Å². The molecule has 0 amide bonds. The van der Waals surface area contributed by atoms with Gasteiger partial charge in [-0.1, -0.05) is 66.6 Å². The highest BCUT2D eigenvalue weighted by Crippen LogP contribution is 2.37. The minimum atomic E-state index is -0.905. The molecule has 0 saturated carbocycles. The molecule has 2 aliphatic rings. The van der Waals surface area contributed by atoms with Crippen LogP contribution < -0.4 is 0 Å². The molecule has 0 N–H and O–H groups in total. The normalized spacial score (nSPS) is 29.5. The van der Waals surface area contributed by atoms with Crippen LogP contribution in [0.1, 0.15) is 24.3 Å². The second kappa shape index (κ2) is 10.7. The molecule has 2 fully saturated rings. The molecule has 2 saturated heterocycles. The van der Waals surface area contributed by atoms with E-state index in [-0.39, 0.29) is 13.2 Å². The first-order valence-corrected chi connectivity index (χ1v) is 10.5. The average molecular weight is 438 g/mol. The van der Waals surface area contributed by atoms with Crippen LogP contribution in [-0.2, 0) is 39.8 Å². The maximum Gasteiger partial charge on any atom is 0.303 e. The number of ether oxygens (including phenoxy) is 6. The highest BCUT2D eigenvalue weighted by atomic mass is 16.8. The van der Waals surface area contributed by atoms with E-state index in [1.807, 2.05) is 60.7 Å². The Balaban J connectivity index is 1.59. The third kappa shape index (κ3) is 5.36. The summed E-state index contributed by atoms with van der Waals surface area (Å²) in [5.41, 5.74) is 1.85. The highest BCUT2D eigenvalue weighted by Gasteiger charge is 2.52. The number of benzene rings is 2. The van der Waals surface area contributed by atoms with Crippen molar-refractivity contribution in [3.05, 3.63) is 71.8 Å². The van der Waals surface area contributed by atoms with Crippen LogP contribution >= 0.6 is 0 Å². The van der Waals surface area contributed by atoms with Gasteiger partial charge in [0.05, 0.1) is 13.2 Å². The predicted octanol–water partition coefficient (Wildman–Crippen LogP) is 2.99. The Bertz CT molecular complexity index is 911. The zero-order valence-corrected chi connectivity index (χ0v) is 17.8. The van der Waals surface area contributed by atoms with E-state index in [2.05, 4.69) is 5.92 Å². The maximum absolute atomic E-state index is 11.9. The molecule has 2 aromatic rings. The third-order valence-electron chi connectivity index (χ3n) is 5.27. The van der Waals surface area contributed by atoms with Crippen LogP contribution in [0.25, 0.3) is 0 Å². The van der Waals surface area contributed by atoms with Gasteiger partial charge in [-0.25, -0.2) is 0 Å². The van der Waals surface area contributed by atoms with E-state index >= 15 is 0 Å². The van der Waals surface area contributed by atoms with E-state index in [9.17, 15) is 4.79 Å². The van der Waals surface area contributed by atoms with Gasteiger partial charge in [0, 0.05) is 12.5 Å². The SMILES string of the molecule is C#CCO[C@H]1O[C@@H]2CO[C@@H](c3ccccc3)O[C@H]2[C@H](OCc2ccccc2)[C@@H]1OC(C)=O. The fourth-order valence-electron chi connectivity index (χ4n) is 3.86. The fourth-order valence-corrected chi connectivity index (χ4v) is 3.86. The molecule has 168 valence electrons. The smallest absolute Gasteiger partial charge is 0.303 e. The van der Waals surface area contributed by atoms with Gasteiger partial charge in [0.1, 0.15) is 24.9 Å². The topological polar surface area (TPSA) is 72.5 Å². The van der Waals surface area contributed by atoms with E-state index in [4.69, 9.17) is 34.8 Å². The Morgan fingerprint density at radius 3 is 2.44 bits per heavy atom. The Morgan fingerprint density at radius 1 is 1.03 bits per heavy atom. The summed E-state index contributed by atoms with van der Waals surface area (Å²) >= 11 is 0. The molecule has 2 aromatic carbocycles. The van der Waals surface area contributed by atoms with E-state index in [1.165, 1.54) is 6.92 Å². The summed E-state index contributed by atoms with van der Waals surface area (Å²) in [6, 6.07) is 19.3. The van der Waals surface area contributed by atoms with Crippen LogP contribution in [0.5, 0.6) is 0 Å². The minimum absolute atomic E-state index is 0.000419. The monoisotopic (exact) mass is 438 g/mol. The van der Waals surface area contributed by atoms with Gasteiger partial charge in [-0.05, 0) is 5.56 Å². The van der Waals surface area contributed by atoms with Crippen LogP contribution in [0.15, 0.2) is 60.7 Å². The lowest BCUT2D eigenvalue weighted by Crippen LogP contribution is -2.63. The summed E-state index contributed by atoms with van der Waals surface area (Å²) in [6.45, 7) is 1.89. The van der Waals surface area contributed by atoms with Crippen molar-refractivity contribution >= 4 is 5.97 Å². The third-order valence-corrected chi connectivity index (χ3v) is 5.27. The van der Waals surface area contributed by atoms with E-state index in [1.54, 1.807) is 0 Å². The summed E-state index contributed by atoms with van der Waals surface area (Å²) < 4.78 is 35.8. The molecule has 7 heteroatoms. The number of carbonyl (C=O) groups excluding carboxylic acids is 1. The van der Waals surface area contributed by atoms with Crippen LogP contribution in [0, 0.1) is 12.3 Å². The van der Waals surface area contributed by atoms with E-state index < -0.39 is 43.0 Å². The number of hydrogen-bond donors (Lipinski definition) is 0. The molecule has 32 heavy (non-hydrogen) atoms. The Labute approximate surface area is 187 Å². The fraction of sp³-hybridized carbons (Fsp3) is 0.400. The van der Waals surface area contributed by atoms with Crippen molar-refractivity contribution in [1.29, 1.82) is 0 Å². The molecule has 0 spiro atoms. The maximum atomic E-state index is 11.9. The number of hydrogen-bond acceptors (Lipinski definition) is 7. The molecular formula is C25H26O7. The Hall–Kier alpha value is -2.73. The van der Waals surface area contributed by atoms with Gasteiger partial charge in [0.25, 0.3) is 0 Å². The molecule has 7 nitrogen and oxygen atoms in total. The first kappa shape index (κ1) is 22.5.